The number of imidazole rings is 1. The van der Waals surface area contributed by atoms with Gasteiger partial charge in [-0.25, -0.2) is 4.98 Å². The number of aryl methyl sites for hydroxylation is 1. The molecule has 0 aliphatic carbocycles. The molecular formula is C18H25N3O2. The number of hydrogen-bond acceptors (Lipinski definition) is 4. The molecule has 5 nitrogen and oxygen atoms in total. The van der Waals surface area contributed by atoms with Crippen molar-refractivity contribution in [3.05, 3.63) is 54.6 Å². The largest absolute Gasteiger partial charge is 0.493 e. The average Bonchev–Trinajstić information content (AvgIpc) is 3.06. The Bertz CT molecular complexity index is 609. The second kappa shape index (κ2) is 9.00. The van der Waals surface area contributed by atoms with Crippen molar-refractivity contribution in [2.24, 2.45) is 0 Å². The Labute approximate surface area is 137 Å². The minimum Gasteiger partial charge on any atom is -0.493 e. The van der Waals surface area contributed by atoms with Crippen molar-refractivity contribution < 1.29 is 9.47 Å². The highest BCUT2D eigenvalue weighted by Crippen LogP contribution is 2.28. The van der Waals surface area contributed by atoms with Crippen LogP contribution in [0.15, 0.2) is 49.1 Å². The fraction of sp³-hybridized carbons (Fsp3) is 0.389. The molecule has 0 saturated carbocycles. The molecule has 0 atom stereocenters. The van der Waals surface area contributed by atoms with Gasteiger partial charge in [-0.05, 0) is 43.2 Å². The molecule has 0 radical (unpaired) electrons. The molecule has 5 heteroatoms. The van der Waals surface area contributed by atoms with E-state index in [1.807, 2.05) is 31.6 Å². The van der Waals surface area contributed by atoms with Gasteiger partial charge >= 0.3 is 0 Å². The normalized spacial score (nSPS) is 10.5. The first-order valence-corrected chi connectivity index (χ1v) is 7.79. The number of nitrogens with zero attached hydrogens (tertiary/aromatic N) is 2. The molecule has 0 spiro atoms. The molecule has 0 bridgehead atoms. The third kappa shape index (κ3) is 5.79. The van der Waals surface area contributed by atoms with Crippen molar-refractivity contribution >= 4 is 0 Å². The lowest BCUT2D eigenvalue weighted by Crippen LogP contribution is -2.16. The molecular weight excluding hydrogens is 290 g/mol. The second-order valence-electron chi connectivity index (χ2n) is 5.56. The summed E-state index contributed by atoms with van der Waals surface area (Å²) in [4.78, 5) is 4.04. The van der Waals surface area contributed by atoms with Crippen LogP contribution in [0, 0.1) is 0 Å². The van der Waals surface area contributed by atoms with E-state index in [2.05, 4.69) is 27.5 Å². The Kier molecular flexibility index (Phi) is 6.69. The molecule has 1 N–H and O–H groups in total. The summed E-state index contributed by atoms with van der Waals surface area (Å²) in [6.45, 7) is 9.02. The predicted molar refractivity (Wildman–Crippen MR) is 91.9 cm³/mol. The molecule has 1 aromatic heterocycles. The van der Waals surface area contributed by atoms with Gasteiger partial charge in [0.2, 0.25) is 0 Å². The van der Waals surface area contributed by atoms with Gasteiger partial charge in [0.15, 0.2) is 11.5 Å². The Morgan fingerprint density at radius 3 is 2.91 bits per heavy atom. The van der Waals surface area contributed by atoms with Crippen molar-refractivity contribution in [3.63, 3.8) is 0 Å². The number of aromatic nitrogens is 2. The van der Waals surface area contributed by atoms with Crippen LogP contribution in [0.1, 0.15) is 18.9 Å². The molecule has 23 heavy (non-hydrogen) atoms. The van der Waals surface area contributed by atoms with Crippen molar-refractivity contribution in [1.29, 1.82) is 0 Å². The van der Waals surface area contributed by atoms with Crippen LogP contribution < -0.4 is 14.8 Å². The van der Waals surface area contributed by atoms with Gasteiger partial charge in [-0.15, -0.1) is 0 Å². The van der Waals surface area contributed by atoms with Crippen LogP contribution in [0.25, 0.3) is 0 Å². The van der Waals surface area contributed by atoms with E-state index in [0.717, 1.165) is 43.1 Å². The molecule has 0 unspecified atom stereocenters. The standard InChI is InChI=1S/C18H25N3O2/c1-15(2)13-23-18-11-16(5-6-17(18)22-3)12-19-7-4-9-21-10-8-20-14-21/h5-6,8,10-11,14,19H,1,4,7,9,12-13H2,2-3H3. The summed E-state index contributed by atoms with van der Waals surface area (Å²) < 4.78 is 13.2. The van der Waals surface area contributed by atoms with Crippen LogP contribution in [0.4, 0.5) is 0 Å². The maximum atomic E-state index is 5.74. The number of methoxy groups -OCH3 is 1. The van der Waals surface area contributed by atoms with Gasteiger partial charge in [-0.1, -0.05) is 12.6 Å². The smallest absolute Gasteiger partial charge is 0.161 e. The molecule has 1 heterocycles. The van der Waals surface area contributed by atoms with Gasteiger partial charge in [0.25, 0.3) is 0 Å². The molecule has 0 aliphatic heterocycles. The summed E-state index contributed by atoms with van der Waals surface area (Å²) in [6, 6.07) is 6.01. The Balaban J connectivity index is 1.79. The fourth-order valence-electron chi connectivity index (χ4n) is 2.18. The highest BCUT2D eigenvalue weighted by molar-refractivity contribution is 5.43. The molecule has 1 aromatic carbocycles. The monoisotopic (exact) mass is 315 g/mol. The van der Waals surface area contributed by atoms with E-state index in [9.17, 15) is 0 Å². The Morgan fingerprint density at radius 1 is 1.35 bits per heavy atom. The molecule has 0 saturated heterocycles. The maximum Gasteiger partial charge on any atom is 0.161 e. The molecule has 0 fully saturated rings. The average molecular weight is 315 g/mol. The summed E-state index contributed by atoms with van der Waals surface area (Å²) >= 11 is 0. The lowest BCUT2D eigenvalue weighted by molar-refractivity contribution is 0.319. The van der Waals surface area contributed by atoms with E-state index >= 15 is 0 Å². The number of rotatable bonds is 10. The van der Waals surface area contributed by atoms with Gasteiger partial charge in [-0.2, -0.15) is 0 Å². The van der Waals surface area contributed by atoms with Gasteiger partial charge in [0.05, 0.1) is 13.4 Å². The van der Waals surface area contributed by atoms with Crippen molar-refractivity contribution in [1.82, 2.24) is 14.9 Å². The van der Waals surface area contributed by atoms with E-state index in [1.54, 1.807) is 13.3 Å². The Morgan fingerprint density at radius 2 is 2.22 bits per heavy atom. The zero-order valence-electron chi connectivity index (χ0n) is 13.9. The minimum atomic E-state index is 0.498. The van der Waals surface area contributed by atoms with E-state index in [1.165, 1.54) is 5.56 Å². The van der Waals surface area contributed by atoms with Gasteiger partial charge < -0.3 is 19.4 Å². The number of benzene rings is 1. The highest BCUT2D eigenvalue weighted by atomic mass is 16.5. The van der Waals surface area contributed by atoms with Crippen molar-refractivity contribution in [2.75, 3.05) is 20.3 Å². The third-order valence-electron chi connectivity index (χ3n) is 3.36. The first kappa shape index (κ1) is 17.1. The maximum absolute atomic E-state index is 5.74. The van der Waals surface area contributed by atoms with Gasteiger partial charge in [0, 0.05) is 25.5 Å². The van der Waals surface area contributed by atoms with Crippen LogP contribution in [0.3, 0.4) is 0 Å². The predicted octanol–water partition coefficient (Wildman–Crippen LogP) is 3.03. The molecule has 124 valence electrons. The molecule has 2 rings (SSSR count). The van der Waals surface area contributed by atoms with Crippen LogP contribution in [0.5, 0.6) is 11.5 Å². The summed E-state index contributed by atoms with van der Waals surface area (Å²) in [6.07, 6.45) is 6.69. The van der Waals surface area contributed by atoms with Crippen molar-refractivity contribution in [2.45, 2.75) is 26.4 Å². The lowest BCUT2D eigenvalue weighted by Gasteiger charge is -2.13. The van der Waals surface area contributed by atoms with E-state index < -0.39 is 0 Å². The van der Waals surface area contributed by atoms with Crippen LogP contribution in [0.2, 0.25) is 0 Å². The molecule has 0 aliphatic rings. The first-order valence-electron chi connectivity index (χ1n) is 7.79. The zero-order chi connectivity index (χ0) is 16.5. The van der Waals surface area contributed by atoms with Crippen LogP contribution in [-0.2, 0) is 13.1 Å². The fourth-order valence-corrected chi connectivity index (χ4v) is 2.18. The van der Waals surface area contributed by atoms with E-state index in [4.69, 9.17) is 9.47 Å². The van der Waals surface area contributed by atoms with Crippen molar-refractivity contribution in [3.8, 4) is 11.5 Å². The third-order valence-corrected chi connectivity index (χ3v) is 3.36. The minimum absolute atomic E-state index is 0.498. The number of hydrogen-bond donors (Lipinski definition) is 1. The number of ether oxygens (including phenoxy) is 2. The summed E-state index contributed by atoms with van der Waals surface area (Å²) in [5, 5.41) is 3.45. The topological polar surface area (TPSA) is 48.3 Å². The SMILES string of the molecule is C=C(C)COc1cc(CNCCCn2ccnc2)ccc1OC. The zero-order valence-corrected chi connectivity index (χ0v) is 13.9. The van der Waals surface area contributed by atoms with Crippen LogP contribution in [-0.4, -0.2) is 29.8 Å². The van der Waals surface area contributed by atoms with E-state index in [-0.39, 0.29) is 0 Å². The second-order valence-corrected chi connectivity index (χ2v) is 5.56. The van der Waals surface area contributed by atoms with Gasteiger partial charge in [-0.3, -0.25) is 0 Å². The summed E-state index contributed by atoms with van der Waals surface area (Å²) in [5.74, 6) is 1.50. The Hall–Kier alpha value is -2.27. The summed E-state index contributed by atoms with van der Waals surface area (Å²) in [7, 11) is 1.65. The van der Waals surface area contributed by atoms with E-state index in [0.29, 0.717) is 6.61 Å². The van der Waals surface area contributed by atoms with Gasteiger partial charge in [0.1, 0.15) is 6.61 Å². The highest BCUT2D eigenvalue weighted by Gasteiger charge is 2.06. The molecule has 2 aromatic rings. The van der Waals surface area contributed by atoms with Crippen LogP contribution >= 0.6 is 0 Å². The quantitative estimate of drug-likeness (QED) is 0.541. The lowest BCUT2D eigenvalue weighted by atomic mass is 10.2. The number of nitrogens with one attached hydrogen (secondary N) is 1. The first-order chi connectivity index (χ1) is 11.2. The summed E-state index contributed by atoms with van der Waals surface area (Å²) in [5.41, 5.74) is 2.15. The molecule has 0 amide bonds.